The van der Waals surface area contributed by atoms with E-state index in [1.807, 2.05) is 36.4 Å². The van der Waals surface area contributed by atoms with E-state index in [4.69, 9.17) is 5.41 Å². The van der Waals surface area contributed by atoms with Crippen molar-refractivity contribution < 1.29 is 9.59 Å². The smallest absolute Gasteiger partial charge is 0.322 e. The normalized spacial score (nSPS) is 23.4. The van der Waals surface area contributed by atoms with Crippen LogP contribution < -0.4 is 10.2 Å². The van der Waals surface area contributed by atoms with Gasteiger partial charge in [-0.1, -0.05) is 18.2 Å². The van der Waals surface area contributed by atoms with E-state index in [0.29, 0.717) is 25.7 Å². The molecule has 1 aliphatic carbocycles. The minimum absolute atomic E-state index is 0.149. The predicted octanol–water partition coefficient (Wildman–Crippen LogP) is 2.90. The van der Waals surface area contributed by atoms with Gasteiger partial charge in [0.05, 0.1) is 6.54 Å². The van der Waals surface area contributed by atoms with Gasteiger partial charge in [0.25, 0.3) is 5.91 Å². The van der Waals surface area contributed by atoms with Crippen LogP contribution in [0.1, 0.15) is 29.6 Å². The number of nitrogens with one attached hydrogen (secondary N) is 2. The number of piperidine rings is 1. The molecule has 7 heteroatoms. The third-order valence-electron chi connectivity index (χ3n) is 6.68. The molecule has 30 heavy (non-hydrogen) atoms. The third kappa shape index (κ3) is 3.18. The highest BCUT2D eigenvalue weighted by Crippen LogP contribution is 2.43. The topological polar surface area (TPSA) is 79.7 Å². The van der Waals surface area contributed by atoms with Gasteiger partial charge in [0.1, 0.15) is 5.84 Å². The standard InChI is InChI=1S/C23H27N5O2/c1-25-23(30)28-11-10-26(14-21(28)24)19-6-2-4-15-12-17(7-8-18(15)19)22(29)27-9-3-5-16-13-20(16)27/h2,4,6-8,12,16,20,24H,3,5,9-11,13-14H2,1H3,(H,25,30). The molecule has 0 radical (unpaired) electrons. The summed E-state index contributed by atoms with van der Waals surface area (Å²) >= 11 is 0. The molecule has 2 aromatic carbocycles. The summed E-state index contributed by atoms with van der Waals surface area (Å²) in [4.78, 5) is 30.7. The summed E-state index contributed by atoms with van der Waals surface area (Å²) in [5, 5.41) is 13.0. The van der Waals surface area contributed by atoms with E-state index in [2.05, 4.69) is 15.1 Å². The Kier molecular flexibility index (Phi) is 4.60. The van der Waals surface area contributed by atoms with Crippen molar-refractivity contribution in [2.75, 3.05) is 38.1 Å². The van der Waals surface area contributed by atoms with E-state index in [9.17, 15) is 9.59 Å². The molecule has 5 rings (SSSR count). The number of fused-ring (bicyclic) bond motifs is 2. The van der Waals surface area contributed by atoms with Gasteiger partial charge in [0, 0.05) is 49.4 Å². The number of carbonyl (C=O) groups is 2. The van der Waals surface area contributed by atoms with Crippen LogP contribution in [0, 0.1) is 11.3 Å². The molecule has 2 aliphatic heterocycles. The molecular weight excluding hydrogens is 378 g/mol. The van der Waals surface area contributed by atoms with E-state index in [0.717, 1.165) is 47.3 Å². The van der Waals surface area contributed by atoms with Crippen molar-refractivity contribution in [2.24, 2.45) is 5.92 Å². The van der Waals surface area contributed by atoms with E-state index >= 15 is 0 Å². The van der Waals surface area contributed by atoms with E-state index < -0.39 is 0 Å². The molecule has 156 valence electrons. The lowest BCUT2D eigenvalue weighted by Gasteiger charge is -2.36. The molecule has 0 bridgehead atoms. The molecule has 2 aromatic rings. The first-order chi connectivity index (χ1) is 14.6. The summed E-state index contributed by atoms with van der Waals surface area (Å²) in [6, 6.07) is 12.3. The Morgan fingerprint density at radius 2 is 2.00 bits per heavy atom. The summed E-state index contributed by atoms with van der Waals surface area (Å²) in [6.45, 7) is 2.38. The molecule has 7 nitrogen and oxygen atoms in total. The van der Waals surface area contributed by atoms with Crippen molar-refractivity contribution in [3.8, 4) is 0 Å². The number of amides is 3. The van der Waals surface area contributed by atoms with Crippen LogP contribution in [0.3, 0.4) is 0 Å². The molecule has 3 fully saturated rings. The summed E-state index contributed by atoms with van der Waals surface area (Å²) in [5.74, 6) is 1.16. The lowest BCUT2D eigenvalue weighted by atomic mass is 10.0. The van der Waals surface area contributed by atoms with Gasteiger partial charge in [-0.15, -0.1) is 0 Å². The van der Waals surface area contributed by atoms with Crippen molar-refractivity contribution in [2.45, 2.75) is 25.3 Å². The van der Waals surface area contributed by atoms with Crippen LogP contribution in [0.15, 0.2) is 36.4 Å². The first kappa shape index (κ1) is 18.9. The Morgan fingerprint density at radius 3 is 2.80 bits per heavy atom. The third-order valence-corrected chi connectivity index (χ3v) is 6.68. The minimum atomic E-state index is -0.240. The second-order valence-corrected chi connectivity index (χ2v) is 8.49. The van der Waals surface area contributed by atoms with Gasteiger partial charge >= 0.3 is 6.03 Å². The number of piperazine rings is 1. The lowest BCUT2D eigenvalue weighted by Crippen LogP contribution is -2.54. The highest BCUT2D eigenvalue weighted by atomic mass is 16.2. The zero-order valence-electron chi connectivity index (χ0n) is 17.2. The SMILES string of the molecule is CNC(=O)N1CCN(c2cccc3cc(C(=O)N4CCCC5CC54)ccc23)CC1=N. The van der Waals surface area contributed by atoms with Crippen LogP contribution in [0.2, 0.25) is 0 Å². The monoisotopic (exact) mass is 405 g/mol. The summed E-state index contributed by atoms with van der Waals surface area (Å²) in [6.07, 6.45) is 3.54. The Hall–Kier alpha value is -3.09. The second-order valence-electron chi connectivity index (χ2n) is 8.49. The number of benzene rings is 2. The average Bonchev–Trinajstić information content (AvgIpc) is 3.57. The number of hydrogen-bond donors (Lipinski definition) is 2. The van der Waals surface area contributed by atoms with E-state index in [1.54, 1.807) is 7.05 Å². The largest absolute Gasteiger partial charge is 0.362 e. The maximum atomic E-state index is 13.1. The zero-order chi connectivity index (χ0) is 20.8. The fraction of sp³-hybridized carbons (Fsp3) is 0.435. The van der Waals surface area contributed by atoms with Crippen LogP contribution >= 0.6 is 0 Å². The van der Waals surface area contributed by atoms with Crippen molar-refractivity contribution in [1.82, 2.24) is 15.1 Å². The number of anilines is 1. The van der Waals surface area contributed by atoms with Crippen molar-refractivity contribution in [3.63, 3.8) is 0 Å². The van der Waals surface area contributed by atoms with Gasteiger partial charge in [-0.3, -0.25) is 15.1 Å². The first-order valence-corrected chi connectivity index (χ1v) is 10.7. The van der Waals surface area contributed by atoms with Gasteiger partial charge < -0.3 is 15.1 Å². The molecule has 3 amide bonds. The van der Waals surface area contributed by atoms with E-state index in [-0.39, 0.29) is 17.8 Å². The van der Waals surface area contributed by atoms with Gasteiger partial charge in [0.15, 0.2) is 0 Å². The van der Waals surface area contributed by atoms with Crippen LogP contribution in [-0.2, 0) is 0 Å². The summed E-state index contributed by atoms with van der Waals surface area (Å²) in [7, 11) is 1.58. The molecular formula is C23H27N5O2. The lowest BCUT2D eigenvalue weighted by molar-refractivity contribution is 0.0706. The van der Waals surface area contributed by atoms with Crippen LogP contribution in [0.25, 0.3) is 10.8 Å². The first-order valence-electron chi connectivity index (χ1n) is 10.7. The fourth-order valence-corrected chi connectivity index (χ4v) is 4.97. The van der Waals surface area contributed by atoms with Crippen molar-refractivity contribution in [1.29, 1.82) is 5.41 Å². The molecule has 1 saturated carbocycles. The number of amidine groups is 1. The Morgan fingerprint density at radius 1 is 1.13 bits per heavy atom. The minimum Gasteiger partial charge on any atom is -0.362 e. The van der Waals surface area contributed by atoms with Gasteiger partial charge in [-0.05, 0) is 48.8 Å². The average molecular weight is 406 g/mol. The van der Waals surface area contributed by atoms with Crippen molar-refractivity contribution in [3.05, 3.63) is 42.0 Å². The van der Waals surface area contributed by atoms with Crippen LogP contribution in [-0.4, -0.2) is 66.8 Å². The fourth-order valence-electron chi connectivity index (χ4n) is 4.97. The number of likely N-dealkylation sites (tertiary alicyclic amines) is 1. The molecule has 2 heterocycles. The summed E-state index contributed by atoms with van der Waals surface area (Å²) < 4.78 is 0. The number of hydrogen-bond acceptors (Lipinski definition) is 4. The summed E-state index contributed by atoms with van der Waals surface area (Å²) in [5.41, 5.74) is 1.79. The number of rotatable bonds is 2. The number of carbonyl (C=O) groups excluding carboxylic acids is 2. The Labute approximate surface area is 176 Å². The molecule has 0 aromatic heterocycles. The van der Waals surface area contributed by atoms with Crippen molar-refractivity contribution >= 4 is 34.2 Å². The molecule has 3 aliphatic rings. The van der Waals surface area contributed by atoms with Gasteiger partial charge in [-0.2, -0.15) is 0 Å². The van der Waals surface area contributed by atoms with Gasteiger partial charge in [-0.25, -0.2) is 4.79 Å². The Balaban J connectivity index is 1.39. The maximum absolute atomic E-state index is 13.1. The maximum Gasteiger partial charge on any atom is 0.322 e. The van der Waals surface area contributed by atoms with Crippen LogP contribution in [0.5, 0.6) is 0 Å². The highest BCUT2D eigenvalue weighted by Gasteiger charge is 2.46. The number of nitrogens with zero attached hydrogens (tertiary/aromatic N) is 3. The molecule has 2 N–H and O–H groups in total. The molecule has 0 spiro atoms. The molecule has 2 atom stereocenters. The second kappa shape index (κ2) is 7.31. The predicted molar refractivity (Wildman–Crippen MR) is 117 cm³/mol. The van der Waals surface area contributed by atoms with Gasteiger partial charge in [0.2, 0.25) is 0 Å². The van der Waals surface area contributed by atoms with Crippen LogP contribution in [0.4, 0.5) is 10.5 Å². The van der Waals surface area contributed by atoms with E-state index in [1.165, 1.54) is 11.3 Å². The molecule has 2 unspecified atom stereocenters. The highest BCUT2D eigenvalue weighted by molar-refractivity contribution is 6.04. The zero-order valence-corrected chi connectivity index (χ0v) is 17.2. The Bertz CT molecular complexity index is 1040. The quantitative estimate of drug-likeness (QED) is 0.806. The molecule has 2 saturated heterocycles. The number of urea groups is 1.